The highest BCUT2D eigenvalue weighted by Crippen LogP contribution is 2.32. The number of alkyl halides is 3. The first-order chi connectivity index (χ1) is 15.4. The molecule has 3 aromatic rings. The first-order valence-electron chi connectivity index (χ1n) is 8.90. The van der Waals surface area contributed by atoms with Crippen molar-refractivity contribution in [1.29, 1.82) is 0 Å². The van der Waals surface area contributed by atoms with Gasteiger partial charge < -0.3 is 14.3 Å². The van der Waals surface area contributed by atoms with Gasteiger partial charge in [0, 0.05) is 18.4 Å². The number of aromatic nitrogens is 2. The topological polar surface area (TPSA) is 116 Å². The van der Waals surface area contributed by atoms with Gasteiger partial charge in [0.05, 0.1) is 21.2 Å². The normalized spacial score (nSPS) is 11.5. The van der Waals surface area contributed by atoms with Crippen molar-refractivity contribution in [2.24, 2.45) is 0 Å². The maximum atomic E-state index is 14.1. The number of rotatable bonds is 5. The summed E-state index contributed by atoms with van der Waals surface area (Å²) >= 11 is 11.7. The molecule has 174 valence electrons. The summed E-state index contributed by atoms with van der Waals surface area (Å²) in [4.78, 5) is 38.9. The Balaban J connectivity index is 1.73. The molecule has 3 rings (SSSR count). The van der Waals surface area contributed by atoms with Crippen molar-refractivity contribution >= 4 is 46.6 Å². The number of carbonyl (C=O) groups is 3. The molecule has 14 heteroatoms. The largest absolute Gasteiger partial charge is 0.550 e. The van der Waals surface area contributed by atoms with Gasteiger partial charge >= 0.3 is 6.18 Å². The maximum Gasteiger partial charge on any atom is 0.417 e. The molecule has 0 fully saturated rings. The second kappa shape index (κ2) is 9.24. The number of benzene rings is 1. The number of pyridine rings is 1. The summed E-state index contributed by atoms with van der Waals surface area (Å²) in [5.74, 6) is -4.30. The van der Waals surface area contributed by atoms with Crippen LogP contribution in [0.15, 0.2) is 30.6 Å². The van der Waals surface area contributed by atoms with Gasteiger partial charge in [-0.05, 0) is 36.6 Å². The highest BCUT2D eigenvalue weighted by atomic mass is 35.5. The lowest BCUT2D eigenvalue weighted by Gasteiger charge is -2.10. The lowest BCUT2D eigenvalue weighted by molar-refractivity contribution is -0.305. The van der Waals surface area contributed by atoms with Crippen LogP contribution >= 0.6 is 23.2 Å². The van der Waals surface area contributed by atoms with Crippen LogP contribution in [0.4, 0.5) is 17.6 Å². The molecule has 2 aromatic heterocycles. The third-order valence-corrected chi connectivity index (χ3v) is 4.93. The molecule has 0 saturated carbocycles. The van der Waals surface area contributed by atoms with Crippen molar-refractivity contribution in [3.8, 4) is 0 Å². The van der Waals surface area contributed by atoms with Crippen LogP contribution < -0.4 is 16.0 Å². The number of nitrogens with one attached hydrogen (secondary N) is 2. The molecule has 2 N–H and O–H groups in total. The molecule has 2 amide bonds. The van der Waals surface area contributed by atoms with Crippen molar-refractivity contribution in [2.45, 2.75) is 19.0 Å². The molecule has 2 heterocycles. The van der Waals surface area contributed by atoms with E-state index >= 15 is 0 Å². The van der Waals surface area contributed by atoms with Crippen LogP contribution in [0.1, 0.15) is 38.4 Å². The van der Waals surface area contributed by atoms with Crippen LogP contribution in [-0.4, -0.2) is 27.2 Å². The molecular weight excluding hydrogens is 495 g/mol. The van der Waals surface area contributed by atoms with E-state index in [4.69, 9.17) is 23.2 Å². The smallest absolute Gasteiger partial charge is 0.417 e. The lowest BCUT2D eigenvalue weighted by atomic mass is 10.1. The van der Waals surface area contributed by atoms with Gasteiger partial charge in [-0.1, -0.05) is 23.2 Å². The van der Waals surface area contributed by atoms with Gasteiger partial charge in [0.2, 0.25) is 0 Å². The van der Waals surface area contributed by atoms with E-state index in [1.54, 1.807) is 0 Å². The molecule has 0 saturated heterocycles. The summed E-state index contributed by atoms with van der Waals surface area (Å²) < 4.78 is 53.8. The Labute approximate surface area is 192 Å². The summed E-state index contributed by atoms with van der Waals surface area (Å²) in [7, 11) is 0. The van der Waals surface area contributed by atoms with Gasteiger partial charge in [0.15, 0.2) is 5.65 Å². The van der Waals surface area contributed by atoms with Crippen molar-refractivity contribution in [3.05, 3.63) is 68.8 Å². The molecule has 33 heavy (non-hydrogen) atoms. The molecule has 0 radical (unpaired) electrons. The van der Waals surface area contributed by atoms with E-state index in [0.717, 1.165) is 22.7 Å². The van der Waals surface area contributed by atoms with Crippen molar-refractivity contribution in [2.75, 3.05) is 0 Å². The van der Waals surface area contributed by atoms with E-state index in [2.05, 4.69) is 4.98 Å². The molecule has 0 unspecified atom stereocenters. The highest BCUT2D eigenvalue weighted by Gasteiger charge is 2.32. The van der Waals surface area contributed by atoms with Gasteiger partial charge in [-0.15, -0.1) is 0 Å². The number of imidazole rings is 1. The average Bonchev–Trinajstić information content (AvgIpc) is 3.16. The van der Waals surface area contributed by atoms with E-state index < -0.39 is 41.8 Å². The third kappa shape index (κ3) is 5.52. The molecule has 0 aliphatic carbocycles. The van der Waals surface area contributed by atoms with Crippen molar-refractivity contribution in [3.63, 3.8) is 0 Å². The number of aryl methyl sites for hydroxylation is 1. The number of hydrazine groups is 1. The zero-order valence-electron chi connectivity index (χ0n) is 16.1. The number of fused-ring (bicyclic) bond motifs is 1. The van der Waals surface area contributed by atoms with Crippen LogP contribution in [-0.2, 0) is 17.4 Å². The van der Waals surface area contributed by atoms with Crippen LogP contribution in [0.2, 0.25) is 10.0 Å². The Morgan fingerprint density at radius 3 is 2.33 bits per heavy atom. The van der Waals surface area contributed by atoms with Crippen molar-refractivity contribution in [1.82, 2.24) is 20.2 Å². The second-order valence-corrected chi connectivity index (χ2v) is 7.45. The summed E-state index contributed by atoms with van der Waals surface area (Å²) in [5.41, 5.74) is 1.98. The number of carbonyl (C=O) groups excluding carboxylic acids is 3. The Bertz CT molecular complexity index is 1280. The Kier molecular flexibility index (Phi) is 6.79. The predicted molar refractivity (Wildman–Crippen MR) is 105 cm³/mol. The van der Waals surface area contributed by atoms with Crippen LogP contribution in [0, 0.1) is 5.82 Å². The molecule has 8 nitrogen and oxygen atoms in total. The van der Waals surface area contributed by atoms with Crippen LogP contribution in [0.5, 0.6) is 0 Å². The maximum absolute atomic E-state index is 14.1. The first kappa shape index (κ1) is 24.3. The van der Waals surface area contributed by atoms with Crippen molar-refractivity contribution < 1.29 is 37.1 Å². The number of carboxylic acid groups (broad SMARTS) is 1. The molecule has 0 spiro atoms. The van der Waals surface area contributed by atoms with E-state index in [9.17, 15) is 37.1 Å². The number of halogens is 6. The number of hydrogen-bond acceptors (Lipinski definition) is 5. The lowest BCUT2D eigenvalue weighted by Crippen LogP contribution is -2.42. The fraction of sp³-hybridized carbons (Fsp3) is 0.158. The standard InChI is InChI=1S/C19H12Cl2F4N4O4/c20-11-3-8(1-2-15(30)31)13(22)5-10(11)17(32)27-28-18(33)14-7-29-6-9(19(23,24)25)4-12(21)16(29)26-14/h3-7H,1-2H2,(H,27,32)(H,28,33)(H,30,31)/p-1. The van der Waals surface area contributed by atoms with Gasteiger partial charge in [0.25, 0.3) is 11.8 Å². The Hall–Kier alpha value is -3.38. The van der Waals surface area contributed by atoms with E-state index in [-0.39, 0.29) is 38.9 Å². The zero-order chi connectivity index (χ0) is 24.5. The Morgan fingerprint density at radius 1 is 1.03 bits per heavy atom. The van der Waals surface area contributed by atoms with E-state index in [1.165, 1.54) is 0 Å². The monoisotopic (exact) mass is 505 g/mol. The minimum Gasteiger partial charge on any atom is -0.550 e. The number of nitrogens with zero attached hydrogens (tertiary/aromatic N) is 2. The van der Waals surface area contributed by atoms with E-state index in [0.29, 0.717) is 12.3 Å². The summed E-state index contributed by atoms with van der Waals surface area (Å²) in [6, 6.07) is 2.48. The van der Waals surface area contributed by atoms with Crippen LogP contribution in [0.25, 0.3) is 5.65 Å². The fourth-order valence-corrected chi connectivity index (χ4v) is 3.29. The number of carboxylic acids is 1. The average molecular weight is 506 g/mol. The van der Waals surface area contributed by atoms with Gasteiger partial charge in [0.1, 0.15) is 11.5 Å². The minimum atomic E-state index is -4.67. The SMILES string of the molecule is O=C([O-])CCc1cc(Cl)c(C(=O)NNC(=O)c2cn3cc(C(F)(F)F)cc(Cl)c3n2)cc1F. The third-order valence-electron chi connectivity index (χ3n) is 4.34. The highest BCUT2D eigenvalue weighted by molar-refractivity contribution is 6.34. The molecule has 1 aromatic carbocycles. The minimum absolute atomic E-state index is 0.0513. The van der Waals surface area contributed by atoms with E-state index in [1.807, 2.05) is 10.9 Å². The van der Waals surface area contributed by atoms with Gasteiger partial charge in [-0.2, -0.15) is 13.2 Å². The Morgan fingerprint density at radius 2 is 1.70 bits per heavy atom. The van der Waals surface area contributed by atoms with Gasteiger partial charge in [-0.25, -0.2) is 9.37 Å². The summed E-state index contributed by atoms with van der Waals surface area (Å²) in [6.07, 6.45) is -3.68. The number of hydrogen-bond donors (Lipinski definition) is 2. The van der Waals surface area contributed by atoms with Crippen LogP contribution in [0.3, 0.4) is 0 Å². The molecule has 0 atom stereocenters. The molecule has 0 aliphatic heterocycles. The van der Waals surface area contributed by atoms with Gasteiger partial charge in [-0.3, -0.25) is 20.4 Å². The molecule has 0 bridgehead atoms. The summed E-state index contributed by atoms with van der Waals surface area (Å²) in [6.45, 7) is 0. The quantitative estimate of drug-likeness (QED) is 0.408. The molecular formula is C19H11Cl2F4N4O4-. The molecule has 0 aliphatic rings. The zero-order valence-corrected chi connectivity index (χ0v) is 17.6. The summed E-state index contributed by atoms with van der Waals surface area (Å²) in [5, 5.41) is 9.95. The number of aliphatic carboxylic acids is 1. The second-order valence-electron chi connectivity index (χ2n) is 6.64. The predicted octanol–water partition coefficient (Wildman–Crippen LogP) is 2.56. The first-order valence-corrected chi connectivity index (χ1v) is 9.66. The number of amides is 2. The fourth-order valence-electron chi connectivity index (χ4n) is 2.76.